The van der Waals surface area contributed by atoms with Crippen LogP contribution in [0.25, 0.3) is 0 Å². The summed E-state index contributed by atoms with van der Waals surface area (Å²) in [5, 5.41) is 0. The summed E-state index contributed by atoms with van der Waals surface area (Å²) in [4.78, 5) is 21.1. The van der Waals surface area contributed by atoms with Gasteiger partial charge in [0.15, 0.2) is 0 Å². The molecule has 4 heteroatoms. The molecule has 1 amide bonds. The SMILES string of the molecule is CC(C)CN(Cc1ccncc1)C1CN(C(=O)CC2CCCC2)C1. The number of pyridine rings is 1. The van der Waals surface area contributed by atoms with Gasteiger partial charge in [-0.25, -0.2) is 0 Å². The second kappa shape index (κ2) is 8.11. The quantitative estimate of drug-likeness (QED) is 0.770. The van der Waals surface area contributed by atoms with Gasteiger partial charge in [0, 0.05) is 51.0 Å². The second-order valence-electron chi connectivity index (χ2n) is 7.99. The van der Waals surface area contributed by atoms with Crippen LogP contribution >= 0.6 is 0 Å². The van der Waals surface area contributed by atoms with Crippen molar-refractivity contribution in [3.8, 4) is 0 Å². The van der Waals surface area contributed by atoms with E-state index in [1.807, 2.05) is 12.4 Å². The predicted octanol–water partition coefficient (Wildman–Crippen LogP) is 3.33. The first kappa shape index (κ1) is 17.4. The van der Waals surface area contributed by atoms with Gasteiger partial charge in [-0.2, -0.15) is 0 Å². The number of likely N-dealkylation sites (tertiary alicyclic amines) is 1. The Balaban J connectivity index is 1.50. The number of hydrogen-bond acceptors (Lipinski definition) is 3. The van der Waals surface area contributed by atoms with Gasteiger partial charge >= 0.3 is 0 Å². The third kappa shape index (κ3) is 4.56. The van der Waals surface area contributed by atoms with Crippen molar-refractivity contribution in [3.63, 3.8) is 0 Å². The van der Waals surface area contributed by atoms with Crippen molar-refractivity contribution >= 4 is 5.91 Å². The Morgan fingerprint density at radius 2 is 1.92 bits per heavy atom. The molecule has 0 radical (unpaired) electrons. The molecule has 1 aliphatic heterocycles. The Morgan fingerprint density at radius 3 is 2.54 bits per heavy atom. The van der Waals surface area contributed by atoms with E-state index in [1.165, 1.54) is 31.2 Å². The summed E-state index contributed by atoms with van der Waals surface area (Å²) >= 11 is 0. The highest BCUT2D eigenvalue weighted by Gasteiger charge is 2.35. The van der Waals surface area contributed by atoms with Crippen molar-refractivity contribution in [1.82, 2.24) is 14.8 Å². The summed E-state index contributed by atoms with van der Waals surface area (Å²) in [6.45, 7) is 8.38. The highest BCUT2D eigenvalue weighted by atomic mass is 16.2. The number of amides is 1. The van der Waals surface area contributed by atoms with E-state index in [0.29, 0.717) is 23.8 Å². The second-order valence-corrected chi connectivity index (χ2v) is 7.99. The zero-order valence-corrected chi connectivity index (χ0v) is 15.2. The molecule has 2 heterocycles. The topological polar surface area (TPSA) is 36.4 Å². The molecule has 2 fully saturated rings. The minimum absolute atomic E-state index is 0.381. The molecule has 0 N–H and O–H groups in total. The van der Waals surface area contributed by atoms with Gasteiger partial charge in [-0.15, -0.1) is 0 Å². The lowest BCUT2D eigenvalue weighted by Gasteiger charge is -2.46. The van der Waals surface area contributed by atoms with E-state index in [2.05, 4.69) is 40.8 Å². The summed E-state index contributed by atoms with van der Waals surface area (Å²) in [6, 6.07) is 4.69. The van der Waals surface area contributed by atoms with E-state index in [0.717, 1.165) is 32.6 Å². The summed E-state index contributed by atoms with van der Waals surface area (Å²) in [7, 11) is 0. The molecule has 24 heavy (non-hydrogen) atoms. The Bertz CT molecular complexity index is 519. The van der Waals surface area contributed by atoms with Crippen molar-refractivity contribution < 1.29 is 4.79 Å². The van der Waals surface area contributed by atoms with Crippen molar-refractivity contribution in [2.24, 2.45) is 11.8 Å². The highest BCUT2D eigenvalue weighted by molar-refractivity contribution is 5.77. The van der Waals surface area contributed by atoms with Crippen LogP contribution in [0.1, 0.15) is 51.5 Å². The smallest absolute Gasteiger partial charge is 0.222 e. The first-order valence-electron chi connectivity index (χ1n) is 9.52. The molecule has 2 aliphatic rings. The molecule has 3 rings (SSSR count). The maximum absolute atomic E-state index is 12.4. The molecule has 0 aromatic carbocycles. The molecule has 1 saturated carbocycles. The fourth-order valence-corrected chi connectivity index (χ4v) is 4.01. The van der Waals surface area contributed by atoms with Gasteiger partial charge in [0.25, 0.3) is 0 Å². The average molecular weight is 329 g/mol. The van der Waals surface area contributed by atoms with Gasteiger partial charge in [-0.3, -0.25) is 14.7 Å². The lowest BCUT2D eigenvalue weighted by Crippen LogP contribution is -2.61. The van der Waals surface area contributed by atoms with Gasteiger partial charge in [-0.05, 0) is 42.4 Å². The third-order valence-corrected chi connectivity index (χ3v) is 5.40. The van der Waals surface area contributed by atoms with Crippen LogP contribution in [0.4, 0.5) is 0 Å². The summed E-state index contributed by atoms with van der Waals surface area (Å²) in [6.07, 6.45) is 9.64. The van der Waals surface area contributed by atoms with Gasteiger partial charge in [0.2, 0.25) is 5.91 Å². The molecule has 1 aliphatic carbocycles. The largest absolute Gasteiger partial charge is 0.339 e. The molecule has 1 saturated heterocycles. The van der Waals surface area contributed by atoms with Gasteiger partial charge in [0.1, 0.15) is 0 Å². The maximum atomic E-state index is 12.4. The normalized spacial score (nSPS) is 19.2. The van der Waals surface area contributed by atoms with E-state index in [1.54, 1.807) is 0 Å². The number of carbonyl (C=O) groups excluding carboxylic acids is 1. The first-order valence-corrected chi connectivity index (χ1v) is 9.52. The first-order chi connectivity index (χ1) is 11.6. The molecular formula is C20H31N3O. The molecule has 0 unspecified atom stereocenters. The average Bonchev–Trinajstić information content (AvgIpc) is 2.99. The molecule has 1 aromatic heterocycles. The Labute approximate surface area is 146 Å². The summed E-state index contributed by atoms with van der Waals surface area (Å²) < 4.78 is 0. The molecular weight excluding hydrogens is 298 g/mol. The van der Waals surface area contributed by atoms with Crippen LogP contribution in [0.5, 0.6) is 0 Å². The molecule has 1 aromatic rings. The van der Waals surface area contributed by atoms with E-state index >= 15 is 0 Å². The van der Waals surface area contributed by atoms with Crippen LogP contribution in [0.15, 0.2) is 24.5 Å². The van der Waals surface area contributed by atoms with E-state index in [9.17, 15) is 4.79 Å². The molecule has 0 atom stereocenters. The van der Waals surface area contributed by atoms with Crippen molar-refractivity contribution in [2.45, 2.75) is 58.5 Å². The minimum Gasteiger partial charge on any atom is -0.339 e. The zero-order chi connectivity index (χ0) is 16.9. The van der Waals surface area contributed by atoms with Crippen LogP contribution < -0.4 is 0 Å². The van der Waals surface area contributed by atoms with Gasteiger partial charge < -0.3 is 4.90 Å². The van der Waals surface area contributed by atoms with E-state index in [4.69, 9.17) is 0 Å². The fraction of sp³-hybridized carbons (Fsp3) is 0.700. The number of nitrogens with zero attached hydrogens (tertiary/aromatic N) is 3. The number of aromatic nitrogens is 1. The lowest BCUT2D eigenvalue weighted by atomic mass is 9.99. The van der Waals surface area contributed by atoms with Crippen molar-refractivity contribution in [2.75, 3.05) is 19.6 Å². The van der Waals surface area contributed by atoms with Crippen LogP contribution in [0.2, 0.25) is 0 Å². The van der Waals surface area contributed by atoms with Crippen LogP contribution in [-0.2, 0) is 11.3 Å². The number of carbonyl (C=O) groups is 1. The molecule has 4 nitrogen and oxygen atoms in total. The highest BCUT2D eigenvalue weighted by Crippen LogP contribution is 2.29. The predicted molar refractivity (Wildman–Crippen MR) is 96.4 cm³/mol. The minimum atomic E-state index is 0.381. The van der Waals surface area contributed by atoms with Crippen LogP contribution in [0.3, 0.4) is 0 Å². The van der Waals surface area contributed by atoms with E-state index < -0.39 is 0 Å². The Morgan fingerprint density at radius 1 is 1.25 bits per heavy atom. The molecule has 0 bridgehead atoms. The van der Waals surface area contributed by atoms with Crippen molar-refractivity contribution in [1.29, 1.82) is 0 Å². The van der Waals surface area contributed by atoms with Gasteiger partial charge in [0.05, 0.1) is 0 Å². The fourth-order valence-electron chi connectivity index (χ4n) is 4.01. The van der Waals surface area contributed by atoms with Crippen LogP contribution in [-0.4, -0.2) is 46.4 Å². The molecule has 0 spiro atoms. The van der Waals surface area contributed by atoms with E-state index in [-0.39, 0.29) is 0 Å². The summed E-state index contributed by atoms with van der Waals surface area (Å²) in [5.41, 5.74) is 1.31. The zero-order valence-electron chi connectivity index (χ0n) is 15.2. The van der Waals surface area contributed by atoms with Gasteiger partial charge in [-0.1, -0.05) is 26.7 Å². The molecule has 132 valence electrons. The lowest BCUT2D eigenvalue weighted by molar-refractivity contribution is -0.140. The standard InChI is InChI=1S/C20H31N3O/c1-16(2)12-22(13-18-7-9-21-10-8-18)19-14-23(15-19)20(24)11-17-5-3-4-6-17/h7-10,16-17,19H,3-6,11-15H2,1-2H3. The number of rotatable bonds is 7. The monoisotopic (exact) mass is 329 g/mol. The maximum Gasteiger partial charge on any atom is 0.222 e. The third-order valence-electron chi connectivity index (χ3n) is 5.40. The number of hydrogen-bond donors (Lipinski definition) is 0. The van der Waals surface area contributed by atoms with Crippen molar-refractivity contribution in [3.05, 3.63) is 30.1 Å². The summed E-state index contributed by atoms with van der Waals surface area (Å²) in [5.74, 6) is 1.67. The Kier molecular flexibility index (Phi) is 5.88. The Hall–Kier alpha value is -1.42. The van der Waals surface area contributed by atoms with Crippen LogP contribution in [0, 0.1) is 11.8 Å².